The molecule has 0 fully saturated rings. The predicted molar refractivity (Wildman–Crippen MR) is 67.9 cm³/mol. The molecular formula is C14H16O6. The number of hydrogen-bond acceptors (Lipinski definition) is 6. The quantitative estimate of drug-likeness (QED) is 0.786. The Bertz CT molecular complexity index is 554. The number of esters is 2. The molecule has 6 heteroatoms. The summed E-state index contributed by atoms with van der Waals surface area (Å²) in [5, 5.41) is 0. The Morgan fingerprint density at radius 2 is 1.75 bits per heavy atom. The molecule has 0 radical (unpaired) electrons. The average molecular weight is 280 g/mol. The molecule has 1 aromatic heterocycles. The highest BCUT2D eigenvalue weighted by Gasteiger charge is 2.35. The van der Waals surface area contributed by atoms with E-state index in [1.165, 1.54) is 0 Å². The Morgan fingerprint density at radius 1 is 1.10 bits per heavy atom. The Hall–Kier alpha value is -2.11. The van der Waals surface area contributed by atoms with Crippen molar-refractivity contribution in [2.75, 3.05) is 13.2 Å². The summed E-state index contributed by atoms with van der Waals surface area (Å²) < 4.78 is 15.2. The van der Waals surface area contributed by atoms with Crippen LogP contribution in [0.5, 0.6) is 0 Å². The van der Waals surface area contributed by atoms with E-state index in [-0.39, 0.29) is 35.9 Å². The summed E-state index contributed by atoms with van der Waals surface area (Å²) in [6, 6.07) is 0. The molecule has 0 bridgehead atoms. The smallest absolute Gasteiger partial charge is 0.375 e. The number of ketones is 1. The van der Waals surface area contributed by atoms with Crippen LogP contribution in [0.1, 0.15) is 63.7 Å². The van der Waals surface area contributed by atoms with Gasteiger partial charge in [-0.3, -0.25) is 4.79 Å². The van der Waals surface area contributed by atoms with Gasteiger partial charge in [0.2, 0.25) is 5.76 Å². The molecule has 0 atom stereocenters. The van der Waals surface area contributed by atoms with Gasteiger partial charge in [0.25, 0.3) is 0 Å². The van der Waals surface area contributed by atoms with Gasteiger partial charge >= 0.3 is 11.9 Å². The third-order valence-corrected chi connectivity index (χ3v) is 3.01. The molecule has 1 aromatic rings. The van der Waals surface area contributed by atoms with Crippen molar-refractivity contribution in [3.8, 4) is 0 Å². The molecule has 0 saturated carbocycles. The van der Waals surface area contributed by atoms with Crippen LogP contribution >= 0.6 is 0 Å². The van der Waals surface area contributed by atoms with Gasteiger partial charge in [-0.05, 0) is 20.3 Å². The van der Waals surface area contributed by atoms with Crippen LogP contribution in [0.2, 0.25) is 0 Å². The van der Waals surface area contributed by atoms with Crippen molar-refractivity contribution in [1.82, 2.24) is 0 Å². The average Bonchev–Trinajstić information content (AvgIpc) is 2.80. The molecule has 0 unspecified atom stereocenters. The second-order valence-corrected chi connectivity index (χ2v) is 4.32. The van der Waals surface area contributed by atoms with Gasteiger partial charge in [-0.15, -0.1) is 0 Å². The molecule has 20 heavy (non-hydrogen) atoms. The molecule has 0 aromatic carbocycles. The highest BCUT2D eigenvalue weighted by molar-refractivity contribution is 6.12. The minimum Gasteiger partial charge on any atom is -0.462 e. The van der Waals surface area contributed by atoms with Crippen LogP contribution in [0.15, 0.2) is 4.42 Å². The lowest BCUT2D eigenvalue weighted by atomic mass is 9.93. The number of carbonyl (C=O) groups is 3. The van der Waals surface area contributed by atoms with E-state index in [2.05, 4.69) is 0 Å². The summed E-state index contributed by atoms with van der Waals surface area (Å²) in [7, 11) is 0. The van der Waals surface area contributed by atoms with Crippen molar-refractivity contribution < 1.29 is 28.3 Å². The Labute approximate surface area is 116 Å². The van der Waals surface area contributed by atoms with E-state index in [1.807, 2.05) is 0 Å². The Balaban J connectivity index is 2.53. The molecule has 0 aliphatic heterocycles. The van der Waals surface area contributed by atoms with Gasteiger partial charge in [0.1, 0.15) is 11.3 Å². The second kappa shape index (κ2) is 5.90. The van der Waals surface area contributed by atoms with Gasteiger partial charge in [-0.2, -0.15) is 0 Å². The van der Waals surface area contributed by atoms with E-state index < -0.39 is 11.9 Å². The SMILES string of the molecule is CCOC(=O)c1oc2c(c1C(=O)OCC)C(=O)CCC2. The van der Waals surface area contributed by atoms with Gasteiger partial charge in [0, 0.05) is 12.8 Å². The third kappa shape index (κ3) is 2.45. The molecule has 0 saturated heterocycles. The maximum atomic E-state index is 12.0. The summed E-state index contributed by atoms with van der Waals surface area (Å²) in [6.45, 7) is 3.60. The maximum Gasteiger partial charge on any atom is 0.375 e. The van der Waals surface area contributed by atoms with Crippen LogP contribution in [0.4, 0.5) is 0 Å². The zero-order chi connectivity index (χ0) is 14.7. The summed E-state index contributed by atoms with van der Waals surface area (Å²) in [5.74, 6) is -1.54. The molecular weight excluding hydrogens is 264 g/mol. The van der Waals surface area contributed by atoms with Crippen LogP contribution in [0.25, 0.3) is 0 Å². The fourth-order valence-corrected chi connectivity index (χ4v) is 2.22. The molecule has 0 N–H and O–H groups in total. The highest BCUT2D eigenvalue weighted by Crippen LogP contribution is 2.31. The highest BCUT2D eigenvalue weighted by atomic mass is 16.5. The van der Waals surface area contributed by atoms with Gasteiger partial charge in [0.15, 0.2) is 5.78 Å². The first-order valence-electron chi connectivity index (χ1n) is 6.63. The first-order valence-corrected chi connectivity index (χ1v) is 6.63. The van der Waals surface area contributed by atoms with Crippen LogP contribution in [-0.2, 0) is 15.9 Å². The number of furan rings is 1. The lowest BCUT2D eigenvalue weighted by molar-refractivity contribution is 0.0450. The summed E-state index contributed by atoms with van der Waals surface area (Å²) in [6.07, 6.45) is 1.50. The minimum atomic E-state index is -0.752. The lowest BCUT2D eigenvalue weighted by Gasteiger charge is -2.09. The van der Waals surface area contributed by atoms with Gasteiger partial charge in [0.05, 0.1) is 18.8 Å². The van der Waals surface area contributed by atoms with E-state index in [0.717, 1.165) is 0 Å². The molecule has 0 amide bonds. The van der Waals surface area contributed by atoms with Crippen LogP contribution in [0.3, 0.4) is 0 Å². The van der Waals surface area contributed by atoms with Crippen molar-refractivity contribution in [2.45, 2.75) is 33.1 Å². The number of hydrogen-bond donors (Lipinski definition) is 0. The zero-order valence-corrected chi connectivity index (χ0v) is 11.5. The zero-order valence-electron chi connectivity index (χ0n) is 11.5. The standard InChI is InChI=1S/C14H16O6/c1-3-18-13(16)11-10-8(15)6-5-7-9(10)20-12(11)14(17)19-4-2/h3-7H2,1-2H3. The van der Waals surface area contributed by atoms with Gasteiger partial charge < -0.3 is 13.9 Å². The van der Waals surface area contributed by atoms with Crippen LogP contribution in [-0.4, -0.2) is 30.9 Å². The van der Waals surface area contributed by atoms with Crippen LogP contribution in [0, 0.1) is 0 Å². The van der Waals surface area contributed by atoms with E-state index >= 15 is 0 Å². The summed E-state index contributed by atoms with van der Waals surface area (Å²) in [4.78, 5) is 35.9. The number of rotatable bonds is 4. The van der Waals surface area contributed by atoms with E-state index in [4.69, 9.17) is 13.9 Å². The molecule has 0 spiro atoms. The molecule has 1 aliphatic carbocycles. The first-order chi connectivity index (χ1) is 9.60. The lowest BCUT2D eigenvalue weighted by Crippen LogP contribution is -2.17. The molecule has 2 rings (SSSR count). The second-order valence-electron chi connectivity index (χ2n) is 4.32. The maximum absolute atomic E-state index is 12.0. The van der Waals surface area contributed by atoms with E-state index in [0.29, 0.717) is 25.0 Å². The Morgan fingerprint density at radius 3 is 2.40 bits per heavy atom. The summed E-state index contributed by atoms with van der Waals surface area (Å²) in [5.41, 5.74) is 0.0859. The normalized spacial score (nSPS) is 13.8. The van der Waals surface area contributed by atoms with E-state index in [9.17, 15) is 14.4 Å². The number of carbonyl (C=O) groups excluding carboxylic acids is 3. The number of Topliss-reactive ketones (excluding diaryl/α,β-unsaturated/α-hetero) is 1. The number of ether oxygens (including phenoxy) is 2. The summed E-state index contributed by atoms with van der Waals surface area (Å²) >= 11 is 0. The molecule has 108 valence electrons. The fraction of sp³-hybridized carbons (Fsp3) is 0.500. The molecule has 6 nitrogen and oxygen atoms in total. The van der Waals surface area contributed by atoms with Gasteiger partial charge in [-0.1, -0.05) is 0 Å². The fourth-order valence-electron chi connectivity index (χ4n) is 2.22. The van der Waals surface area contributed by atoms with Crippen molar-refractivity contribution in [1.29, 1.82) is 0 Å². The first kappa shape index (κ1) is 14.3. The van der Waals surface area contributed by atoms with Gasteiger partial charge in [-0.25, -0.2) is 9.59 Å². The topological polar surface area (TPSA) is 82.8 Å². The monoisotopic (exact) mass is 280 g/mol. The van der Waals surface area contributed by atoms with Crippen molar-refractivity contribution >= 4 is 17.7 Å². The molecule has 1 aliphatic rings. The number of aryl methyl sites for hydroxylation is 1. The molecule has 1 heterocycles. The van der Waals surface area contributed by atoms with Crippen molar-refractivity contribution in [3.63, 3.8) is 0 Å². The number of fused-ring (bicyclic) bond motifs is 1. The predicted octanol–water partition coefficient (Wildman–Crippen LogP) is 2.15. The van der Waals surface area contributed by atoms with E-state index in [1.54, 1.807) is 13.8 Å². The third-order valence-electron chi connectivity index (χ3n) is 3.01. The largest absolute Gasteiger partial charge is 0.462 e. The Kier molecular flexibility index (Phi) is 4.22. The minimum absolute atomic E-state index is 0.0926. The van der Waals surface area contributed by atoms with Crippen LogP contribution < -0.4 is 0 Å². The van der Waals surface area contributed by atoms with Crippen molar-refractivity contribution in [2.24, 2.45) is 0 Å². The van der Waals surface area contributed by atoms with Crippen molar-refractivity contribution in [3.05, 3.63) is 22.6 Å².